The fourth-order valence-corrected chi connectivity index (χ4v) is 4.76. The van der Waals surface area contributed by atoms with Crippen molar-refractivity contribution in [3.8, 4) is 0 Å². The van der Waals surface area contributed by atoms with E-state index in [9.17, 15) is 13.2 Å². The van der Waals surface area contributed by atoms with E-state index < -0.39 is 16.1 Å². The van der Waals surface area contributed by atoms with Gasteiger partial charge in [-0.2, -0.15) is 0 Å². The summed E-state index contributed by atoms with van der Waals surface area (Å²) in [7, 11) is 0.280. The van der Waals surface area contributed by atoms with Crippen molar-refractivity contribution in [2.75, 3.05) is 24.1 Å². The van der Waals surface area contributed by atoms with E-state index in [4.69, 9.17) is 23.2 Å². The molecule has 0 radical (unpaired) electrons. The molecule has 36 heavy (non-hydrogen) atoms. The molecule has 3 aromatic carbocycles. The van der Waals surface area contributed by atoms with Gasteiger partial charge in [-0.05, 0) is 88.0 Å². The Bertz CT molecular complexity index is 1310. The van der Waals surface area contributed by atoms with Crippen molar-refractivity contribution in [1.29, 1.82) is 0 Å². The van der Waals surface area contributed by atoms with Crippen LogP contribution in [-0.4, -0.2) is 39.0 Å². The van der Waals surface area contributed by atoms with Gasteiger partial charge in [-0.1, -0.05) is 47.5 Å². The Morgan fingerprint density at radius 3 is 2.14 bits per heavy atom. The van der Waals surface area contributed by atoms with Crippen LogP contribution in [0, 0.1) is 0 Å². The van der Waals surface area contributed by atoms with E-state index in [0.717, 1.165) is 12.0 Å². The summed E-state index contributed by atoms with van der Waals surface area (Å²) in [5, 5.41) is 6.14. The molecule has 7 nitrogen and oxygen atoms in total. The van der Waals surface area contributed by atoms with Crippen LogP contribution < -0.4 is 15.4 Å². The fourth-order valence-electron chi connectivity index (χ4n) is 3.32. The number of sulfonamides is 1. The molecule has 0 aliphatic carbocycles. The number of amides is 2. The summed E-state index contributed by atoms with van der Waals surface area (Å²) < 4.78 is 28.2. The number of nitrogens with zero attached hydrogens (tertiary/aromatic N) is 1. The molecule has 3 N–H and O–H groups in total. The molecular weight excluding hydrogens is 519 g/mol. The van der Waals surface area contributed by atoms with Gasteiger partial charge in [-0.3, -0.25) is 4.72 Å². The summed E-state index contributed by atoms with van der Waals surface area (Å²) in [5.74, 6) is 0. The third kappa shape index (κ3) is 7.36. The topological polar surface area (TPSA) is 90.5 Å². The smallest absolute Gasteiger partial charge is 0.319 e. The number of hydrogen-bond acceptors (Lipinski definition) is 4. The van der Waals surface area contributed by atoms with Crippen molar-refractivity contribution in [2.24, 2.45) is 0 Å². The zero-order valence-corrected chi connectivity index (χ0v) is 22.9. The fraction of sp³-hybridized carbons (Fsp3) is 0.269. The van der Waals surface area contributed by atoms with Crippen LogP contribution in [0.3, 0.4) is 0 Å². The van der Waals surface area contributed by atoms with Crippen LogP contribution >= 0.6 is 23.2 Å². The van der Waals surface area contributed by atoms with Gasteiger partial charge in [0, 0.05) is 23.5 Å². The first-order valence-electron chi connectivity index (χ1n) is 11.2. The minimum absolute atomic E-state index is 0.0178. The number of rotatable bonds is 9. The molecular formula is C26H30Cl2N4O3S. The van der Waals surface area contributed by atoms with Gasteiger partial charge in [-0.25, -0.2) is 13.2 Å². The maximum atomic E-state index is 12.8. The Kier molecular flexibility index (Phi) is 8.89. The average Bonchev–Trinajstić information content (AvgIpc) is 2.81. The van der Waals surface area contributed by atoms with E-state index in [1.54, 1.807) is 30.3 Å². The second-order valence-electron chi connectivity index (χ2n) is 9.23. The summed E-state index contributed by atoms with van der Waals surface area (Å²) in [6.07, 6.45) is 0.835. The highest BCUT2D eigenvalue weighted by Gasteiger charge is 2.21. The van der Waals surface area contributed by atoms with Crippen molar-refractivity contribution in [1.82, 2.24) is 10.2 Å². The van der Waals surface area contributed by atoms with E-state index >= 15 is 0 Å². The molecule has 3 rings (SSSR count). The lowest BCUT2D eigenvalue weighted by molar-refractivity contribution is 0.195. The minimum atomic E-state index is -3.79. The summed E-state index contributed by atoms with van der Waals surface area (Å²) in [4.78, 5) is 14.5. The Balaban J connectivity index is 1.58. The average molecular weight is 550 g/mol. The quantitative estimate of drug-likeness (QED) is 0.306. The standard InChI is InChI=1S/C26H30Cl2N4O3S/c1-26(2,32(3)4)16-18-8-10-21(11-9-18)31-36(34,35)22-14-12-20(13-15-22)30-25(33)29-17-19-6-5-7-23(27)24(19)28/h5-15,31H,16-17H2,1-4H3,(H2,29,30,33). The molecule has 0 spiro atoms. The number of anilines is 2. The van der Waals surface area contributed by atoms with Gasteiger partial charge in [-0.15, -0.1) is 0 Å². The number of likely N-dealkylation sites (N-methyl/N-ethyl adjacent to an activating group) is 1. The van der Waals surface area contributed by atoms with Gasteiger partial charge in [0.15, 0.2) is 0 Å². The van der Waals surface area contributed by atoms with Crippen LogP contribution in [0.25, 0.3) is 0 Å². The first-order valence-corrected chi connectivity index (χ1v) is 13.5. The molecule has 0 heterocycles. The SMILES string of the molecule is CN(C)C(C)(C)Cc1ccc(NS(=O)(=O)c2ccc(NC(=O)NCc3cccc(Cl)c3Cl)cc2)cc1. The van der Waals surface area contributed by atoms with Crippen molar-refractivity contribution in [2.45, 2.75) is 37.2 Å². The van der Waals surface area contributed by atoms with Crippen LogP contribution in [0.15, 0.2) is 71.6 Å². The summed E-state index contributed by atoms with van der Waals surface area (Å²) in [6, 6.07) is 18.0. The lowest BCUT2D eigenvalue weighted by Crippen LogP contribution is -2.40. The zero-order valence-electron chi connectivity index (χ0n) is 20.6. The number of halogens is 2. The molecule has 0 fully saturated rings. The lowest BCUT2D eigenvalue weighted by atomic mass is 9.94. The Hall–Kier alpha value is -2.78. The first-order chi connectivity index (χ1) is 16.9. The number of benzene rings is 3. The monoisotopic (exact) mass is 548 g/mol. The zero-order chi connectivity index (χ0) is 26.5. The molecule has 0 atom stereocenters. The Labute approximate surface area is 222 Å². The summed E-state index contributed by atoms with van der Waals surface area (Å²) in [6.45, 7) is 4.49. The van der Waals surface area contributed by atoms with Gasteiger partial charge < -0.3 is 15.5 Å². The van der Waals surface area contributed by atoms with Crippen molar-refractivity contribution in [3.05, 3.63) is 87.9 Å². The summed E-state index contributed by atoms with van der Waals surface area (Å²) in [5.41, 5.74) is 2.69. The highest BCUT2D eigenvalue weighted by molar-refractivity contribution is 7.92. The van der Waals surface area contributed by atoms with Crippen molar-refractivity contribution < 1.29 is 13.2 Å². The van der Waals surface area contributed by atoms with E-state index in [1.165, 1.54) is 24.3 Å². The maximum Gasteiger partial charge on any atom is 0.319 e. The molecule has 0 aromatic heterocycles. The second kappa shape index (κ2) is 11.5. The molecule has 0 bridgehead atoms. The van der Waals surface area contributed by atoms with Gasteiger partial charge >= 0.3 is 6.03 Å². The molecule has 0 saturated carbocycles. The molecule has 2 amide bonds. The predicted molar refractivity (Wildman–Crippen MR) is 147 cm³/mol. The molecule has 0 unspecified atom stereocenters. The lowest BCUT2D eigenvalue weighted by Gasteiger charge is -2.32. The number of urea groups is 1. The highest BCUT2D eigenvalue weighted by Crippen LogP contribution is 2.25. The minimum Gasteiger partial charge on any atom is -0.334 e. The van der Waals surface area contributed by atoms with E-state index in [1.807, 2.05) is 26.2 Å². The van der Waals surface area contributed by atoms with Gasteiger partial charge in [0.1, 0.15) is 0 Å². The van der Waals surface area contributed by atoms with Gasteiger partial charge in [0.25, 0.3) is 10.0 Å². The Morgan fingerprint density at radius 2 is 1.53 bits per heavy atom. The molecule has 3 aromatic rings. The number of carbonyl (C=O) groups is 1. The van der Waals surface area contributed by atoms with E-state index in [0.29, 0.717) is 27.0 Å². The first kappa shape index (κ1) is 27.8. The number of nitrogens with one attached hydrogen (secondary N) is 3. The normalized spacial score (nSPS) is 11.9. The van der Waals surface area contributed by atoms with Crippen LogP contribution in [0.1, 0.15) is 25.0 Å². The van der Waals surface area contributed by atoms with Crippen LogP contribution in [-0.2, 0) is 23.0 Å². The van der Waals surface area contributed by atoms with E-state index in [-0.39, 0.29) is 17.0 Å². The largest absolute Gasteiger partial charge is 0.334 e. The molecule has 10 heteroatoms. The van der Waals surface area contributed by atoms with Gasteiger partial charge in [0.05, 0.1) is 14.9 Å². The van der Waals surface area contributed by atoms with E-state index in [2.05, 4.69) is 34.1 Å². The van der Waals surface area contributed by atoms with Crippen molar-refractivity contribution in [3.63, 3.8) is 0 Å². The van der Waals surface area contributed by atoms with Crippen LogP contribution in [0.4, 0.5) is 16.2 Å². The van der Waals surface area contributed by atoms with Crippen LogP contribution in [0.5, 0.6) is 0 Å². The number of carbonyl (C=O) groups excluding carboxylic acids is 1. The maximum absolute atomic E-state index is 12.8. The molecule has 0 aliphatic heterocycles. The second-order valence-corrected chi connectivity index (χ2v) is 11.7. The van der Waals surface area contributed by atoms with Crippen molar-refractivity contribution >= 4 is 50.6 Å². The Morgan fingerprint density at radius 1 is 0.917 bits per heavy atom. The van der Waals surface area contributed by atoms with Gasteiger partial charge in [0.2, 0.25) is 0 Å². The third-order valence-corrected chi connectivity index (χ3v) is 8.20. The molecule has 0 aliphatic rings. The van der Waals surface area contributed by atoms with Crippen LogP contribution in [0.2, 0.25) is 10.0 Å². The third-order valence-electron chi connectivity index (χ3n) is 5.95. The summed E-state index contributed by atoms with van der Waals surface area (Å²) >= 11 is 12.1. The molecule has 0 saturated heterocycles. The molecule has 192 valence electrons. The predicted octanol–water partition coefficient (Wildman–Crippen LogP) is 6.00. The highest BCUT2D eigenvalue weighted by atomic mass is 35.5. The number of hydrogen-bond donors (Lipinski definition) is 3.